The highest BCUT2D eigenvalue weighted by Gasteiger charge is 2.31. The Labute approximate surface area is 144 Å². The van der Waals surface area contributed by atoms with E-state index in [4.69, 9.17) is 9.15 Å². The minimum absolute atomic E-state index is 0.0139. The second kappa shape index (κ2) is 7.57. The molecule has 2 aliphatic rings. The Morgan fingerprint density at radius 1 is 1.29 bits per heavy atom. The number of ether oxygens (including phenoxy) is 1. The quantitative estimate of drug-likeness (QED) is 0.919. The van der Waals surface area contributed by atoms with Gasteiger partial charge < -0.3 is 19.4 Å². The van der Waals surface area contributed by atoms with E-state index < -0.39 is 0 Å². The minimum atomic E-state index is -0.275. The number of piperidine rings is 1. The molecule has 2 saturated heterocycles. The average molecular weight is 335 g/mol. The summed E-state index contributed by atoms with van der Waals surface area (Å²) >= 11 is 0. The molecule has 6 heteroatoms. The number of morpholine rings is 1. The Bertz CT molecular complexity index is 524. The van der Waals surface area contributed by atoms with Crippen molar-refractivity contribution in [2.45, 2.75) is 44.8 Å². The lowest BCUT2D eigenvalue weighted by molar-refractivity contribution is -0.0734. The van der Waals surface area contributed by atoms with E-state index >= 15 is 0 Å². The number of hydrogen-bond acceptors (Lipinski definition) is 4. The molecule has 0 bridgehead atoms. The number of nitrogens with one attached hydrogen (secondary N) is 1. The summed E-state index contributed by atoms with van der Waals surface area (Å²) in [5, 5.41) is 3.11. The van der Waals surface area contributed by atoms with Crippen molar-refractivity contribution in [1.29, 1.82) is 0 Å². The molecule has 0 aliphatic carbocycles. The summed E-state index contributed by atoms with van der Waals surface area (Å²) in [6.07, 6.45) is 5.42. The van der Waals surface area contributed by atoms with Crippen molar-refractivity contribution in [1.82, 2.24) is 15.1 Å². The third-order valence-corrected chi connectivity index (χ3v) is 4.86. The number of amides is 2. The lowest BCUT2D eigenvalue weighted by atomic mass is 10.1. The van der Waals surface area contributed by atoms with Crippen molar-refractivity contribution in [3.8, 4) is 0 Å². The molecule has 1 unspecified atom stereocenters. The smallest absolute Gasteiger partial charge is 0.317 e. The molecule has 1 N–H and O–H groups in total. The second-order valence-corrected chi connectivity index (χ2v) is 7.34. The molecular formula is C18H29N3O3. The van der Waals surface area contributed by atoms with E-state index in [9.17, 15) is 4.79 Å². The van der Waals surface area contributed by atoms with Gasteiger partial charge in [0.15, 0.2) is 0 Å². The van der Waals surface area contributed by atoms with E-state index in [1.807, 2.05) is 30.9 Å². The predicted octanol–water partition coefficient (Wildman–Crippen LogP) is 2.63. The maximum Gasteiger partial charge on any atom is 0.317 e. The third-order valence-electron chi connectivity index (χ3n) is 4.86. The van der Waals surface area contributed by atoms with Crippen molar-refractivity contribution in [2.75, 3.05) is 39.3 Å². The van der Waals surface area contributed by atoms with Crippen molar-refractivity contribution in [2.24, 2.45) is 0 Å². The van der Waals surface area contributed by atoms with Crippen LogP contribution in [0.4, 0.5) is 4.79 Å². The number of carbonyl (C=O) groups is 1. The summed E-state index contributed by atoms with van der Waals surface area (Å²) in [5.41, 5.74) is -0.275. The summed E-state index contributed by atoms with van der Waals surface area (Å²) in [6, 6.07) is 4.01. The van der Waals surface area contributed by atoms with Gasteiger partial charge in [-0.15, -0.1) is 0 Å². The fourth-order valence-corrected chi connectivity index (χ4v) is 3.61. The second-order valence-electron chi connectivity index (χ2n) is 7.34. The van der Waals surface area contributed by atoms with Gasteiger partial charge in [0.25, 0.3) is 0 Å². The van der Waals surface area contributed by atoms with Gasteiger partial charge >= 0.3 is 6.03 Å². The van der Waals surface area contributed by atoms with Gasteiger partial charge in [-0.3, -0.25) is 4.90 Å². The van der Waals surface area contributed by atoms with Crippen molar-refractivity contribution in [3.05, 3.63) is 24.2 Å². The van der Waals surface area contributed by atoms with Gasteiger partial charge in [-0.2, -0.15) is 0 Å². The molecule has 0 aromatic carbocycles. The minimum Gasteiger partial charge on any atom is -0.468 e. The first kappa shape index (κ1) is 17.3. The number of furan rings is 1. The number of carbonyl (C=O) groups excluding carboxylic acids is 1. The van der Waals surface area contributed by atoms with Crippen LogP contribution in [0.2, 0.25) is 0 Å². The predicted molar refractivity (Wildman–Crippen MR) is 91.9 cm³/mol. The summed E-state index contributed by atoms with van der Waals surface area (Å²) in [4.78, 5) is 16.8. The molecule has 1 aromatic heterocycles. The normalized spacial score (nSPS) is 23.0. The summed E-state index contributed by atoms with van der Waals surface area (Å²) < 4.78 is 11.3. The van der Waals surface area contributed by atoms with E-state index in [1.54, 1.807) is 6.26 Å². The maximum atomic E-state index is 12.6. The van der Waals surface area contributed by atoms with E-state index in [0.717, 1.165) is 18.8 Å². The van der Waals surface area contributed by atoms with Crippen LogP contribution in [0.1, 0.15) is 44.9 Å². The Morgan fingerprint density at radius 2 is 2.08 bits per heavy atom. The van der Waals surface area contributed by atoms with Crippen LogP contribution >= 0.6 is 0 Å². The maximum absolute atomic E-state index is 12.6. The van der Waals surface area contributed by atoms with Crippen LogP contribution in [-0.4, -0.2) is 60.8 Å². The van der Waals surface area contributed by atoms with Crippen molar-refractivity contribution >= 4 is 6.03 Å². The van der Waals surface area contributed by atoms with E-state index in [-0.39, 0.29) is 17.7 Å². The molecule has 6 nitrogen and oxygen atoms in total. The molecule has 1 atom stereocenters. The Balaban J connectivity index is 1.59. The third kappa shape index (κ3) is 4.30. The van der Waals surface area contributed by atoms with Gasteiger partial charge in [0.05, 0.1) is 31.1 Å². The largest absolute Gasteiger partial charge is 0.468 e. The highest BCUT2D eigenvalue weighted by atomic mass is 16.5. The molecule has 0 spiro atoms. The van der Waals surface area contributed by atoms with E-state index in [0.29, 0.717) is 26.2 Å². The molecule has 24 heavy (non-hydrogen) atoms. The zero-order valence-corrected chi connectivity index (χ0v) is 14.8. The Kier molecular flexibility index (Phi) is 5.46. The fraction of sp³-hybridized carbons (Fsp3) is 0.722. The first-order valence-corrected chi connectivity index (χ1v) is 8.99. The van der Waals surface area contributed by atoms with Gasteiger partial charge in [-0.1, -0.05) is 6.42 Å². The molecular weight excluding hydrogens is 306 g/mol. The van der Waals surface area contributed by atoms with Gasteiger partial charge in [0.2, 0.25) is 0 Å². The molecule has 2 aliphatic heterocycles. The van der Waals surface area contributed by atoms with E-state index in [1.165, 1.54) is 19.3 Å². The first-order chi connectivity index (χ1) is 11.6. The fourth-order valence-electron chi connectivity index (χ4n) is 3.61. The van der Waals surface area contributed by atoms with Crippen LogP contribution in [-0.2, 0) is 4.74 Å². The van der Waals surface area contributed by atoms with Gasteiger partial charge in [-0.25, -0.2) is 4.79 Å². The molecule has 0 radical (unpaired) electrons. The van der Waals surface area contributed by atoms with Crippen LogP contribution in [0, 0.1) is 0 Å². The van der Waals surface area contributed by atoms with E-state index in [2.05, 4.69) is 10.2 Å². The van der Waals surface area contributed by atoms with Crippen molar-refractivity contribution in [3.63, 3.8) is 0 Å². The number of rotatable bonds is 4. The lowest BCUT2D eigenvalue weighted by Crippen LogP contribution is -2.54. The van der Waals surface area contributed by atoms with Crippen LogP contribution in [0.5, 0.6) is 0 Å². The zero-order valence-electron chi connectivity index (χ0n) is 14.8. The Hall–Kier alpha value is -1.53. The van der Waals surface area contributed by atoms with Crippen LogP contribution in [0.3, 0.4) is 0 Å². The van der Waals surface area contributed by atoms with Crippen LogP contribution in [0.15, 0.2) is 22.8 Å². The zero-order chi connectivity index (χ0) is 17.0. The highest BCUT2D eigenvalue weighted by Crippen LogP contribution is 2.24. The molecule has 134 valence electrons. The lowest BCUT2D eigenvalue weighted by Gasteiger charge is -2.38. The number of likely N-dealkylation sites (tertiary alicyclic amines) is 1. The summed E-state index contributed by atoms with van der Waals surface area (Å²) in [6.45, 7) is 8.59. The topological polar surface area (TPSA) is 58.0 Å². The number of urea groups is 1. The van der Waals surface area contributed by atoms with Crippen LogP contribution in [0.25, 0.3) is 0 Å². The molecule has 0 saturated carbocycles. The molecule has 2 amide bonds. The monoisotopic (exact) mass is 335 g/mol. The molecule has 3 heterocycles. The average Bonchev–Trinajstić information content (AvgIpc) is 3.09. The van der Waals surface area contributed by atoms with Crippen LogP contribution < -0.4 is 5.32 Å². The molecule has 3 rings (SSSR count). The molecule has 2 fully saturated rings. The number of hydrogen-bond donors (Lipinski definition) is 1. The van der Waals surface area contributed by atoms with Gasteiger partial charge in [0, 0.05) is 13.1 Å². The number of nitrogens with zero attached hydrogens (tertiary/aromatic N) is 2. The Morgan fingerprint density at radius 3 is 2.75 bits per heavy atom. The van der Waals surface area contributed by atoms with Crippen molar-refractivity contribution < 1.29 is 13.9 Å². The van der Waals surface area contributed by atoms with Gasteiger partial charge in [-0.05, 0) is 51.9 Å². The summed E-state index contributed by atoms with van der Waals surface area (Å²) in [7, 11) is 0. The standard InChI is InChI=1S/C18H29N3O3/c1-18(2)14-21(10-12-24-18)17(22)19-13-15(16-7-6-11-23-16)20-8-4-3-5-9-20/h6-7,11,15H,3-5,8-10,12-14H2,1-2H3,(H,19,22). The van der Waals surface area contributed by atoms with Gasteiger partial charge in [0.1, 0.15) is 5.76 Å². The SMILES string of the molecule is CC1(C)CN(C(=O)NCC(c2ccco2)N2CCCCC2)CCO1. The first-order valence-electron chi connectivity index (χ1n) is 8.99. The highest BCUT2D eigenvalue weighted by molar-refractivity contribution is 5.74. The summed E-state index contributed by atoms with van der Waals surface area (Å²) in [5.74, 6) is 0.930. The molecule has 1 aromatic rings.